The van der Waals surface area contributed by atoms with Crippen LogP contribution in [0.4, 0.5) is 0 Å². The molecule has 1 atom stereocenters. The minimum absolute atomic E-state index is 0.0511. The highest BCUT2D eigenvalue weighted by Crippen LogP contribution is 2.31. The number of rotatable bonds is 5. The van der Waals surface area contributed by atoms with Crippen LogP contribution in [0.3, 0.4) is 0 Å². The first-order valence-electron chi connectivity index (χ1n) is 6.13. The molecule has 0 fully saturated rings. The summed E-state index contributed by atoms with van der Waals surface area (Å²) in [6.45, 7) is 0. The standard InChI is InChI=1S/C14H18N2O3/c1-16-6-5-9-7-13(19-2)10(8-12(9)16)11(15)3-4-14(17)18/h5-8,11H,3-4,15H2,1-2H3,(H,17,18). The molecule has 3 N–H and O–H groups in total. The van der Waals surface area contributed by atoms with Crippen LogP contribution in [0, 0.1) is 0 Å². The lowest BCUT2D eigenvalue weighted by molar-refractivity contribution is -0.137. The van der Waals surface area contributed by atoms with Crippen LogP contribution < -0.4 is 10.5 Å². The van der Waals surface area contributed by atoms with E-state index in [0.717, 1.165) is 16.5 Å². The molecule has 0 aliphatic carbocycles. The molecule has 1 aromatic heterocycles. The first-order chi connectivity index (χ1) is 9.02. The summed E-state index contributed by atoms with van der Waals surface area (Å²) in [7, 11) is 3.55. The van der Waals surface area contributed by atoms with Crippen LogP contribution in [0.25, 0.3) is 10.9 Å². The summed E-state index contributed by atoms with van der Waals surface area (Å²) in [5, 5.41) is 9.81. The van der Waals surface area contributed by atoms with Crippen LogP contribution in [0.2, 0.25) is 0 Å². The first kappa shape index (κ1) is 13.4. The molecule has 1 heterocycles. The van der Waals surface area contributed by atoms with Gasteiger partial charge < -0.3 is 20.1 Å². The second-order valence-electron chi connectivity index (χ2n) is 4.62. The molecule has 102 valence electrons. The normalized spacial score (nSPS) is 12.6. The Bertz CT molecular complexity index is 604. The van der Waals surface area contributed by atoms with E-state index in [2.05, 4.69) is 0 Å². The Balaban J connectivity index is 2.39. The summed E-state index contributed by atoms with van der Waals surface area (Å²) in [6.07, 6.45) is 2.41. The van der Waals surface area contributed by atoms with Gasteiger partial charge in [0.1, 0.15) is 5.75 Å². The van der Waals surface area contributed by atoms with Crippen molar-refractivity contribution in [2.24, 2.45) is 12.8 Å². The number of carboxylic acids is 1. The molecular weight excluding hydrogens is 244 g/mol. The summed E-state index contributed by atoms with van der Waals surface area (Å²) in [4.78, 5) is 10.6. The van der Waals surface area contributed by atoms with Gasteiger partial charge in [-0.15, -0.1) is 0 Å². The molecule has 5 nitrogen and oxygen atoms in total. The maximum Gasteiger partial charge on any atom is 0.303 e. The SMILES string of the molecule is COc1cc2ccn(C)c2cc1C(N)CCC(=O)O. The minimum atomic E-state index is -0.839. The molecule has 0 aliphatic rings. The zero-order valence-electron chi connectivity index (χ0n) is 11.1. The molecule has 0 saturated heterocycles. The molecule has 1 unspecified atom stereocenters. The van der Waals surface area contributed by atoms with Gasteiger partial charge in [-0.25, -0.2) is 0 Å². The fraction of sp³-hybridized carbons (Fsp3) is 0.357. The molecule has 5 heteroatoms. The number of hydrogen-bond acceptors (Lipinski definition) is 3. The number of benzene rings is 1. The lowest BCUT2D eigenvalue weighted by Gasteiger charge is -2.15. The van der Waals surface area contributed by atoms with Crippen molar-refractivity contribution in [1.29, 1.82) is 0 Å². The summed E-state index contributed by atoms with van der Waals surface area (Å²) in [6, 6.07) is 5.57. The fourth-order valence-electron chi connectivity index (χ4n) is 2.21. The van der Waals surface area contributed by atoms with Gasteiger partial charge in [-0.05, 0) is 24.6 Å². The summed E-state index contributed by atoms with van der Waals surface area (Å²) < 4.78 is 7.36. The zero-order chi connectivity index (χ0) is 14.0. The smallest absolute Gasteiger partial charge is 0.303 e. The van der Waals surface area contributed by atoms with Crippen LogP contribution >= 0.6 is 0 Å². The van der Waals surface area contributed by atoms with E-state index in [1.165, 1.54) is 0 Å². The highest BCUT2D eigenvalue weighted by molar-refractivity contribution is 5.83. The summed E-state index contributed by atoms with van der Waals surface area (Å²) >= 11 is 0. The maximum atomic E-state index is 10.6. The molecular formula is C14H18N2O3. The van der Waals surface area contributed by atoms with E-state index < -0.39 is 5.97 Å². The Morgan fingerprint density at radius 2 is 2.26 bits per heavy atom. The number of carboxylic acid groups (broad SMARTS) is 1. The Labute approximate surface area is 111 Å². The highest BCUT2D eigenvalue weighted by atomic mass is 16.5. The van der Waals surface area contributed by atoms with E-state index in [-0.39, 0.29) is 12.5 Å². The van der Waals surface area contributed by atoms with Crippen LogP contribution in [0.1, 0.15) is 24.4 Å². The zero-order valence-corrected chi connectivity index (χ0v) is 11.1. The van der Waals surface area contributed by atoms with Crippen molar-refractivity contribution in [3.05, 3.63) is 30.0 Å². The van der Waals surface area contributed by atoms with Crippen LogP contribution in [0.5, 0.6) is 5.75 Å². The second-order valence-corrected chi connectivity index (χ2v) is 4.62. The number of aryl methyl sites for hydroxylation is 1. The Hall–Kier alpha value is -2.01. The second kappa shape index (κ2) is 5.32. The number of nitrogens with two attached hydrogens (primary N) is 1. The van der Waals surface area contributed by atoms with Gasteiger partial charge in [0, 0.05) is 42.2 Å². The molecule has 0 spiro atoms. The molecule has 0 amide bonds. The average Bonchev–Trinajstić information content (AvgIpc) is 2.75. The molecule has 0 radical (unpaired) electrons. The number of hydrogen-bond donors (Lipinski definition) is 2. The van der Waals surface area contributed by atoms with E-state index in [4.69, 9.17) is 15.6 Å². The number of ether oxygens (including phenoxy) is 1. The maximum absolute atomic E-state index is 10.6. The van der Waals surface area contributed by atoms with Gasteiger partial charge in [-0.3, -0.25) is 4.79 Å². The molecule has 1 aromatic carbocycles. The van der Waals surface area contributed by atoms with Gasteiger partial charge in [0.2, 0.25) is 0 Å². The van der Waals surface area contributed by atoms with Gasteiger partial charge in [0.15, 0.2) is 0 Å². The predicted molar refractivity (Wildman–Crippen MR) is 73.3 cm³/mol. The van der Waals surface area contributed by atoms with E-state index in [1.54, 1.807) is 7.11 Å². The van der Waals surface area contributed by atoms with Crippen molar-refractivity contribution >= 4 is 16.9 Å². The fourth-order valence-corrected chi connectivity index (χ4v) is 2.21. The van der Waals surface area contributed by atoms with Crippen LogP contribution in [-0.4, -0.2) is 22.8 Å². The third-order valence-electron chi connectivity index (χ3n) is 3.31. The number of carbonyl (C=O) groups is 1. The molecule has 2 aromatic rings. The minimum Gasteiger partial charge on any atom is -0.496 e. The predicted octanol–water partition coefficient (Wildman–Crippen LogP) is 2.05. The van der Waals surface area contributed by atoms with E-state index in [0.29, 0.717) is 12.2 Å². The largest absolute Gasteiger partial charge is 0.496 e. The number of aliphatic carboxylic acids is 1. The van der Waals surface area contributed by atoms with Crippen molar-refractivity contribution in [2.45, 2.75) is 18.9 Å². The van der Waals surface area contributed by atoms with Crippen molar-refractivity contribution in [1.82, 2.24) is 4.57 Å². The molecule has 0 bridgehead atoms. The lowest BCUT2D eigenvalue weighted by atomic mass is 10.0. The lowest BCUT2D eigenvalue weighted by Crippen LogP contribution is -2.13. The Kier molecular flexibility index (Phi) is 3.76. The highest BCUT2D eigenvalue weighted by Gasteiger charge is 2.15. The third-order valence-corrected chi connectivity index (χ3v) is 3.31. The van der Waals surface area contributed by atoms with Gasteiger partial charge in [0.05, 0.1) is 7.11 Å². The van der Waals surface area contributed by atoms with Crippen LogP contribution in [0.15, 0.2) is 24.4 Å². The van der Waals surface area contributed by atoms with Crippen molar-refractivity contribution in [3.63, 3.8) is 0 Å². The van der Waals surface area contributed by atoms with Crippen molar-refractivity contribution < 1.29 is 14.6 Å². The molecule has 19 heavy (non-hydrogen) atoms. The Morgan fingerprint density at radius 3 is 2.89 bits per heavy atom. The Morgan fingerprint density at radius 1 is 1.53 bits per heavy atom. The van der Waals surface area contributed by atoms with Gasteiger partial charge in [0.25, 0.3) is 0 Å². The number of nitrogens with zero attached hydrogens (tertiary/aromatic N) is 1. The number of aromatic nitrogens is 1. The van der Waals surface area contributed by atoms with E-state index >= 15 is 0 Å². The summed E-state index contributed by atoms with van der Waals surface area (Å²) in [5.74, 6) is -0.133. The molecule has 2 rings (SSSR count). The molecule has 0 saturated carbocycles. The molecule has 0 aliphatic heterocycles. The van der Waals surface area contributed by atoms with Gasteiger partial charge >= 0.3 is 5.97 Å². The first-order valence-corrected chi connectivity index (χ1v) is 6.13. The van der Waals surface area contributed by atoms with Gasteiger partial charge in [-0.2, -0.15) is 0 Å². The van der Waals surface area contributed by atoms with E-state index in [1.807, 2.05) is 36.0 Å². The quantitative estimate of drug-likeness (QED) is 0.864. The average molecular weight is 262 g/mol. The van der Waals surface area contributed by atoms with Crippen LogP contribution in [-0.2, 0) is 11.8 Å². The number of fused-ring (bicyclic) bond motifs is 1. The topological polar surface area (TPSA) is 77.5 Å². The monoisotopic (exact) mass is 262 g/mol. The van der Waals surface area contributed by atoms with Crippen molar-refractivity contribution in [2.75, 3.05) is 7.11 Å². The third kappa shape index (κ3) is 2.71. The number of methoxy groups -OCH3 is 1. The summed E-state index contributed by atoms with van der Waals surface area (Å²) in [5.41, 5.74) is 7.98. The van der Waals surface area contributed by atoms with E-state index in [9.17, 15) is 4.79 Å². The van der Waals surface area contributed by atoms with Gasteiger partial charge in [-0.1, -0.05) is 0 Å². The van der Waals surface area contributed by atoms with Crippen molar-refractivity contribution in [3.8, 4) is 5.75 Å².